The Labute approximate surface area is 188 Å². The normalized spacial score (nSPS) is 18.8. The van der Waals surface area contributed by atoms with E-state index in [4.69, 9.17) is 11.6 Å². The number of amides is 1. The molecule has 3 aromatic rings. The first-order valence-electron chi connectivity index (χ1n) is 10.2. The summed E-state index contributed by atoms with van der Waals surface area (Å²) in [4.78, 5) is 31.0. The number of rotatable bonds is 3. The van der Waals surface area contributed by atoms with Gasteiger partial charge in [0.05, 0.1) is 10.2 Å². The Morgan fingerprint density at radius 2 is 2.03 bits per heavy atom. The molecule has 1 amide bonds. The average Bonchev–Trinajstić information content (AvgIpc) is 3.15. The molecule has 0 saturated carbocycles. The van der Waals surface area contributed by atoms with Crippen molar-refractivity contribution in [3.63, 3.8) is 0 Å². The van der Waals surface area contributed by atoms with Crippen LogP contribution >= 0.6 is 22.9 Å². The lowest BCUT2D eigenvalue weighted by atomic mass is 9.75. The van der Waals surface area contributed by atoms with Crippen molar-refractivity contribution < 1.29 is 9.59 Å². The first-order chi connectivity index (χ1) is 15.0. The molecule has 1 aliphatic heterocycles. The molecular formula is C24H20ClN3O2S. The van der Waals surface area contributed by atoms with E-state index in [-0.39, 0.29) is 11.7 Å². The molecule has 2 N–H and O–H groups in total. The molecule has 5 nitrogen and oxygen atoms in total. The fourth-order valence-corrected chi connectivity index (χ4v) is 5.45. The van der Waals surface area contributed by atoms with E-state index in [2.05, 4.69) is 15.6 Å². The largest absolute Gasteiger partial charge is 0.362 e. The van der Waals surface area contributed by atoms with Crippen molar-refractivity contribution in [2.45, 2.75) is 32.1 Å². The zero-order valence-corrected chi connectivity index (χ0v) is 18.4. The number of anilines is 1. The highest BCUT2D eigenvalue weighted by Gasteiger charge is 2.38. The summed E-state index contributed by atoms with van der Waals surface area (Å²) in [7, 11) is 0. The average molecular weight is 450 g/mol. The summed E-state index contributed by atoms with van der Waals surface area (Å²) in [5, 5.41) is 7.40. The molecule has 2 aromatic carbocycles. The number of hydrogen-bond donors (Lipinski definition) is 2. The Kier molecular flexibility index (Phi) is 5.12. The molecular weight excluding hydrogens is 430 g/mol. The molecule has 1 atom stereocenters. The van der Waals surface area contributed by atoms with Gasteiger partial charge in [0.1, 0.15) is 0 Å². The summed E-state index contributed by atoms with van der Waals surface area (Å²) in [5.41, 5.74) is 4.54. The number of thiazole rings is 1. The Balaban J connectivity index is 1.57. The third kappa shape index (κ3) is 3.66. The Bertz CT molecular complexity index is 1260. The van der Waals surface area contributed by atoms with Crippen molar-refractivity contribution in [2.24, 2.45) is 0 Å². The number of nitrogens with one attached hydrogen (secondary N) is 2. The summed E-state index contributed by atoms with van der Waals surface area (Å²) in [6, 6.07) is 15.2. The monoisotopic (exact) mass is 449 g/mol. The van der Waals surface area contributed by atoms with E-state index >= 15 is 0 Å². The standard InChI is InChI=1S/C24H20ClN3O2S/c1-13-20(23(30)28-24-27-16-8-2-3-11-19(16)31-24)21(14-6-4-7-15(25)12-14)22-17(26-13)9-5-10-18(22)29/h2-4,6-8,11-12,21,26H,5,9-10H2,1H3,(H,27,28,30). The number of dihydropyridines is 1. The molecule has 1 unspecified atom stereocenters. The molecule has 0 saturated heterocycles. The second-order valence-corrected chi connectivity index (χ2v) is 9.23. The topological polar surface area (TPSA) is 71.1 Å². The maximum absolute atomic E-state index is 13.5. The lowest BCUT2D eigenvalue weighted by Gasteiger charge is -2.34. The molecule has 0 spiro atoms. The van der Waals surface area contributed by atoms with Gasteiger partial charge in [-0.2, -0.15) is 0 Å². The van der Waals surface area contributed by atoms with Gasteiger partial charge in [0.15, 0.2) is 10.9 Å². The summed E-state index contributed by atoms with van der Waals surface area (Å²) < 4.78 is 1.00. The molecule has 2 heterocycles. The first-order valence-corrected chi connectivity index (χ1v) is 11.4. The molecule has 7 heteroatoms. The zero-order chi connectivity index (χ0) is 21.5. The molecule has 0 radical (unpaired) electrons. The fourth-order valence-electron chi connectivity index (χ4n) is 4.39. The van der Waals surface area contributed by atoms with Gasteiger partial charge in [-0.3, -0.25) is 14.9 Å². The lowest BCUT2D eigenvalue weighted by Crippen LogP contribution is -2.35. The van der Waals surface area contributed by atoms with E-state index in [0.717, 1.165) is 40.0 Å². The zero-order valence-electron chi connectivity index (χ0n) is 16.9. The number of Topliss-reactive ketones (excluding diaryl/α,β-unsaturated/α-hetero) is 1. The number of allylic oxidation sites excluding steroid dienone is 3. The Morgan fingerprint density at radius 3 is 2.84 bits per heavy atom. The van der Waals surface area contributed by atoms with Gasteiger partial charge in [0.2, 0.25) is 0 Å². The van der Waals surface area contributed by atoms with Crippen LogP contribution in [0, 0.1) is 0 Å². The van der Waals surface area contributed by atoms with Crippen molar-refractivity contribution in [3.8, 4) is 0 Å². The van der Waals surface area contributed by atoms with Gasteiger partial charge in [-0.05, 0) is 49.6 Å². The van der Waals surface area contributed by atoms with Crippen molar-refractivity contribution in [1.29, 1.82) is 0 Å². The van der Waals surface area contributed by atoms with Crippen LogP contribution in [0.2, 0.25) is 5.02 Å². The van der Waals surface area contributed by atoms with E-state index in [0.29, 0.717) is 27.7 Å². The number of ketones is 1. The number of carbonyl (C=O) groups excluding carboxylic acids is 2. The third-order valence-corrected chi connectivity index (χ3v) is 6.90. The smallest absolute Gasteiger partial charge is 0.256 e. The van der Waals surface area contributed by atoms with Gasteiger partial charge in [0, 0.05) is 39.9 Å². The van der Waals surface area contributed by atoms with E-state index in [1.54, 1.807) is 6.07 Å². The van der Waals surface area contributed by atoms with E-state index in [9.17, 15) is 9.59 Å². The number of nitrogens with zero attached hydrogens (tertiary/aromatic N) is 1. The van der Waals surface area contributed by atoms with Crippen LogP contribution in [-0.4, -0.2) is 16.7 Å². The summed E-state index contributed by atoms with van der Waals surface area (Å²) in [6.45, 7) is 1.88. The van der Waals surface area contributed by atoms with Crippen LogP contribution in [0.1, 0.15) is 37.7 Å². The van der Waals surface area contributed by atoms with Crippen LogP contribution in [0.5, 0.6) is 0 Å². The molecule has 5 rings (SSSR count). The number of halogens is 1. The number of hydrogen-bond acceptors (Lipinski definition) is 5. The maximum atomic E-state index is 13.5. The van der Waals surface area contributed by atoms with Crippen LogP contribution in [0.3, 0.4) is 0 Å². The molecule has 156 valence electrons. The highest BCUT2D eigenvalue weighted by atomic mass is 35.5. The van der Waals surface area contributed by atoms with E-state index < -0.39 is 5.92 Å². The minimum atomic E-state index is -0.461. The number of aromatic nitrogens is 1. The van der Waals surface area contributed by atoms with Crippen molar-refractivity contribution in [3.05, 3.63) is 81.7 Å². The van der Waals surface area contributed by atoms with Crippen molar-refractivity contribution in [1.82, 2.24) is 10.3 Å². The number of fused-ring (bicyclic) bond motifs is 1. The second kappa shape index (κ2) is 7.94. The van der Waals surface area contributed by atoms with Gasteiger partial charge < -0.3 is 5.32 Å². The minimum Gasteiger partial charge on any atom is -0.362 e. The lowest BCUT2D eigenvalue weighted by molar-refractivity contribution is -0.116. The molecule has 0 bridgehead atoms. The Morgan fingerprint density at radius 1 is 1.19 bits per heavy atom. The number of para-hydroxylation sites is 1. The van der Waals surface area contributed by atoms with Gasteiger partial charge in [0.25, 0.3) is 5.91 Å². The molecule has 31 heavy (non-hydrogen) atoms. The highest BCUT2D eigenvalue weighted by molar-refractivity contribution is 7.22. The summed E-state index contributed by atoms with van der Waals surface area (Å²) >= 11 is 7.70. The first kappa shape index (κ1) is 20.0. The van der Waals surface area contributed by atoms with E-state index in [1.165, 1.54) is 11.3 Å². The van der Waals surface area contributed by atoms with Gasteiger partial charge in [-0.1, -0.05) is 47.2 Å². The molecule has 2 aliphatic rings. The quantitative estimate of drug-likeness (QED) is 0.549. The van der Waals surface area contributed by atoms with Crippen LogP contribution in [0.15, 0.2) is 71.1 Å². The fraction of sp³-hybridized carbons (Fsp3) is 0.208. The highest BCUT2D eigenvalue weighted by Crippen LogP contribution is 2.43. The van der Waals surface area contributed by atoms with Crippen LogP contribution in [0.25, 0.3) is 10.2 Å². The van der Waals surface area contributed by atoms with Gasteiger partial charge in [-0.15, -0.1) is 0 Å². The SMILES string of the molecule is CC1=C(C(=O)Nc2nc3ccccc3s2)C(c2cccc(Cl)c2)C2=C(CCCC2=O)N1. The van der Waals surface area contributed by atoms with Gasteiger partial charge >= 0.3 is 0 Å². The molecule has 1 aromatic heterocycles. The van der Waals surface area contributed by atoms with Crippen LogP contribution < -0.4 is 10.6 Å². The third-order valence-electron chi connectivity index (χ3n) is 5.72. The number of carbonyl (C=O) groups is 2. The van der Waals surface area contributed by atoms with Crippen LogP contribution in [-0.2, 0) is 9.59 Å². The Hall–Kier alpha value is -2.96. The summed E-state index contributed by atoms with van der Waals surface area (Å²) in [6.07, 6.45) is 2.10. The van der Waals surface area contributed by atoms with E-state index in [1.807, 2.05) is 49.4 Å². The summed E-state index contributed by atoms with van der Waals surface area (Å²) in [5.74, 6) is -0.646. The maximum Gasteiger partial charge on any atom is 0.256 e. The van der Waals surface area contributed by atoms with Crippen molar-refractivity contribution in [2.75, 3.05) is 5.32 Å². The van der Waals surface area contributed by atoms with Gasteiger partial charge in [-0.25, -0.2) is 4.98 Å². The predicted molar refractivity (Wildman–Crippen MR) is 124 cm³/mol. The molecule has 1 aliphatic carbocycles. The van der Waals surface area contributed by atoms with Crippen molar-refractivity contribution >= 4 is 50.0 Å². The second-order valence-electron chi connectivity index (χ2n) is 7.76. The number of benzene rings is 2. The predicted octanol–water partition coefficient (Wildman–Crippen LogP) is 5.56. The van der Waals surface area contributed by atoms with Crippen LogP contribution in [0.4, 0.5) is 5.13 Å². The molecule has 0 fully saturated rings. The minimum absolute atomic E-state index is 0.0801.